The lowest BCUT2D eigenvalue weighted by molar-refractivity contribution is 0.0690. The van der Waals surface area contributed by atoms with Gasteiger partial charge >= 0.3 is 5.97 Å². The predicted molar refractivity (Wildman–Crippen MR) is 101 cm³/mol. The second-order valence-electron chi connectivity index (χ2n) is 5.77. The lowest BCUT2D eigenvalue weighted by Crippen LogP contribution is -2.03. The van der Waals surface area contributed by atoms with Gasteiger partial charge in [0.15, 0.2) is 0 Å². The number of carboxylic acids is 1. The maximum absolute atomic E-state index is 11.5. The van der Waals surface area contributed by atoms with Crippen molar-refractivity contribution in [1.29, 1.82) is 0 Å². The number of hydrogen-bond acceptors (Lipinski definition) is 5. The summed E-state index contributed by atoms with van der Waals surface area (Å²) in [4.78, 5) is 29.0. The van der Waals surface area contributed by atoms with E-state index in [1.165, 1.54) is 6.07 Å². The third kappa shape index (κ3) is 3.55. The summed E-state index contributed by atoms with van der Waals surface area (Å²) in [5, 5.41) is 9.45. The molecule has 27 heavy (non-hydrogen) atoms. The number of aromatic carboxylic acids is 1. The number of aromatic nitrogens is 4. The minimum atomic E-state index is -1.10. The second-order valence-corrected chi connectivity index (χ2v) is 5.77. The van der Waals surface area contributed by atoms with Gasteiger partial charge in [-0.2, -0.15) is 0 Å². The number of pyridine rings is 4. The van der Waals surface area contributed by atoms with E-state index in [-0.39, 0.29) is 5.69 Å². The summed E-state index contributed by atoms with van der Waals surface area (Å²) >= 11 is 0. The molecule has 0 fully saturated rings. The van der Waals surface area contributed by atoms with Crippen LogP contribution in [0.4, 0.5) is 0 Å². The van der Waals surface area contributed by atoms with Crippen LogP contribution >= 0.6 is 0 Å². The fourth-order valence-corrected chi connectivity index (χ4v) is 2.69. The fraction of sp³-hybridized carbons (Fsp3) is 0. The minimum Gasteiger partial charge on any atom is -0.477 e. The molecule has 4 aromatic heterocycles. The van der Waals surface area contributed by atoms with Crippen LogP contribution in [-0.4, -0.2) is 31.0 Å². The van der Waals surface area contributed by atoms with Gasteiger partial charge in [-0.05, 0) is 48.5 Å². The van der Waals surface area contributed by atoms with Crippen molar-refractivity contribution in [3.05, 3.63) is 84.8 Å². The van der Waals surface area contributed by atoms with Crippen LogP contribution in [0.1, 0.15) is 10.5 Å². The lowest BCUT2D eigenvalue weighted by atomic mass is 10.1. The van der Waals surface area contributed by atoms with Gasteiger partial charge in [0.05, 0.1) is 28.5 Å². The molecule has 0 saturated heterocycles. The van der Waals surface area contributed by atoms with Crippen molar-refractivity contribution >= 4 is 5.97 Å². The monoisotopic (exact) mass is 354 g/mol. The molecule has 4 rings (SSSR count). The molecule has 0 atom stereocenters. The van der Waals surface area contributed by atoms with Gasteiger partial charge in [0, 0.05) is 18.0 Å². The van der Waals surface area contributed by atoms with E-state index >= 15 is 0 Å². The lowest BCUT2D eigenvalue weighted by Gasteiger charge is -2.08. The number of hydrogen-bond donors (Lipinski definition) is 1. The van der Waals surface area contributed by atoms with E-state index < -0.39 is 5.97 Å². The maximum atomic E-state index is 11.5. The van der Waals surface area contributed by atoms with Crippen LogP contribution in [0.3, 0.4) is 0 Å². The van der Waals surface area contributed by atoms with Crippen LogP contribution in [0.2, 0.25) is 0 Å². The Kier molecular flexibility index (Phi) is 4.37. The molecular formula is C21H14N4O2. The topological polar surface area (TPSA) is 88.9 Å². The molecule has 0 radical (unpaired) electrons. The highest BCUT2D eigenvalue weighted by Gasteiger charge is 2.13. The van der Waals surface area contributed by atoms with Gasteiger partial charge in [-0.1, -0.05) is 18.2 Å². The van der Waals surface area contributed by atoms with Gasteiger partial charge in [-0.15, -0.1) is 0 Å². The highest BCUT2D eigenvalue weighted by molar-refractivity contribution is 5.88. The Morgan fingerprint density at radius 2 is 1.30 bits per heavy atom. The Morgan fingerprint density at radius 3 is 1.93 bits per heavy atom. The molecule has 0 aromatic carbocycles. The Balaban J connectivity index is 1.84. The molecule has 0 aliphatic rings. The summed E-state index contributed by atoms with van der Waals surface area (Å²) in [6.07, 6.45) is 3.35. The summed E-state index contributed by atoms with van der Waals surface area (Å²) < 4.78 is 0. The Hall–Kier alpha value is -3.93. The molecule has 0 unspecified atom stereocenters. The first-order chi connectivity index (χ1) is 13.2. The molecule has 0 saturated carbocycles. The normalized spacial score (nSPS) is 10.5. The molecule has 0 amide bonds. The fourth-order valence-electron chi connectivity index (χ4n) is 2.69. The third-order valence-electron chi connectivity index (χ3n) is 3.94. The van der Waals surface area contributed by atoms with Crippen molar-refractivity contribution in [3.63, 3.8) is 0 Å². The second kappa shape index (κ2) is 7.13. The van der Waals surface area contributed by atoms with E-state index in [0.717, 1.165) is 5.69 Å². The zero-order valence-electron chi connectivity index (χ0n) is 14.1. The Morgan fingerprint density at radius 1 is 0.667 bits per heavy atom. The van der Waals surface area contributed by atoms with E-state index in [1.54, 1.807) is 30.6 Å². The van der Waals surface area contributed by atoms with Crippen LogP contribution in [0.5, 0.6) is 0 Å². The number of carbonyl (C=O) groups is 1. The summed E-state index contributed by atoms with van der Waals surface area (Å²) in [5.41, 5.74) is 3.77. The Bertz CT molecular complexity index is 1100. The highest BCUT2D eigenvalue weighted by atomic mass is 16.4. The number of carboxylic acid groups (broad SMARTS) is 1. The minimum absolute atomic E-state index is 0.0572. The van der Waals surface area contributed by atoms with Crippen molar-refractivity contribution in [2.24, 2.45) is 0 Å². The average molecular weight is 354 g/mol. The third-order valence-corrected chi connectivity index (χ3v) is 3.94. The van der Waals surface area contributed by atoms with Crippen molar-refractivity contribution in [1.82, 2.24) is 19.9 Å². The van der Waals surface area contributed by atoms with Crippen molar-refractivity contribution < 1.29 is 9.90 Å². The summed E-state index contributed by atoms with van der Waals surface area (Å²) in [6.45, 7) is 0. The predicted octanol–water partition coefficient (Wildman–Crippen LogP) is 3.97. The molecule has 1 N–H and O–H groups in total. The molecule has 4 aromatic rings. The number of nitrogens with zero attached hydrogens (tertiary/aromatic N) is 4. The average Bonchev–Trinajstić information content (AvgIpc) is 2.75. The van der Waals surface area contributed by atoms with Crippen molar-refractivity contribution in [2.75, 3.05) is 0 Å². The van der Waals surface area contributed by atoms with E-state index in [0.29, 0.717) is 28.3 Å². The van der Waals surface area contributed by atoms with Crippen molar-refractivity contribution in [3.8, 4) is 34.0 Å². The smallest absolute Gasteiger partial charge is 0.354 e. The maximum Gasteiger partial charge on any atom is 0.354 e. The zero-order chi connectivity index (χ0) is 18.6. The SMILES string of the molecule is O=C(O)c1cc(-c2cccc(-c3ccccn3)n2)cc(-c2ccccn2)n1. The van der Waals surface area contributed by atoms with Gasteiger partial charge < -0.3 is 5.11 Å². The standard InChI is InChI=1S/C21H14N4O2/c26-21(27)20-13-14(12-19(25-20)17-7-2-4-11-23-17)15-8-5-9-18(24-15)16-6-1-3-10-22-16/h1-13H,(H,26,27). The molecule has 0 spiro atoms. The first-order valence-corrected chi connectivity index (χ1v) is 8.26. The molecule has 130 valence electrons. The highest BCUT2D eigenvalue weighted by Crippen LogP contribution is 2.26. The first-order valence-electron chi connectivity index (χ1n) is 8.26. The van der Waals surface area contributed by atoms with E-state index in [4.69, 9.17) is 0 Å². The molecule has 6 nitrogen and oxygen atoms in total. The summed E-state index contributed by atoms with van der Waals surface area (Å²) in [6, 6.07) is 19.9. The molecular weight excluding hydrogens is 340 g/mol. The van der Waals surface area contributed by atoms with Crippen molar-refractivity contribution in [2.45, 2.75) is 0 Å². The van der Waals surface area contributed by atoms with Crippen LogP contribution < -0.4 is 0 Å². The van der Waals surface area contributed by atoms with Crippen LogP contribution in [0.25, 0.3) is 34.0 Å². The largest absolute Gasteiger partial charge is 0.477 e. The zero-order valence-corrected chi connectivity index (χ0v) is 14.1. The van der Waals surface area contributed by atoms with Gasteiger partial charge in [0.1, 0.15) is 5.69 Å². The van der Waals surface area contributed by atoms with Gasteiger partial charge in [0.2, 0.25) is 0 Å². The van der Waals surface area contributed by atoms with Gasteiger partial charge in [-0.3, -0.25) is 9.97 Å². The molecule has 4 heterocycles. The van der Waals surface area contributed by atoms with E-state index in [1.807, 2.05) is 42.5 Å². The van der Waals surface area contributed by atoms with Crippen LogP contribution in [0.15, 0.2) is 79.1 Å². The van der Waals surface area contributed by atoms with Gasteiger partial charge in [0.25, 0.3) is 0 Å². The molecule has 0 aliphatic heterocycles. The number of rotatable bonds is 4. The summed E-state index contributed by atoms with van der Waals surface area (Å²) in [7, 11) is 0. The first kappa shape index (κ1) is 16.5. The Labute approximate surface area is 155 Å². The quantitative estimate of drug-likeness (QED) is 0.596. The van der Waals surface area contributed by atoms with E-state index in [2.05, 4.69) is 19.9 Å². The molecule has 6 heteroatoms. The van der Waals surface area contributed by atoms with Crippen LogP contribution in [-0.2, 0) is 0 Å². The van der Waals surface area contributed by atoms with Crippen LogP contribution in [0, 0.1) is 0 Å². The van der Waals surface area contributed by atoms with E-state index in [9.17, 15) is 9.90 Å². The van der Waals surface area contributed by atoms with Gasteiger partial charge in [-0.25, -0.2) is 14.8 Å². The molecule has 0 bridgehead atoms. The molecule has 0 aliphatic carbocycles. The summed E-state index contributed by atoms with van der Waals surface area (Å²) in [5.74, 6) is -1.10.